The van der Waals surface area contributed by atoms with Gasteiger partial charge < -0.3 is 4.90 Å². The molecule has 7 heteroatoms. The molecule has 1 aliphatic heterocycles. The molecule has 0 saturated carbocycles. The van der Waals surface area contributed by atoms with Crippen LogP contribution in [0.5, 0.6) is 0 Å². The number of thiophene rings is 1. The lowest BCUT2D eigenvalue weighted by molar-refractivity contribution is -0.131. The maximum Gasteiger partial charge on any atom is 0.227 e. The smallest absolute Gasteiger partial charge is 0.227 e. The summed E-state index contributed by atoms with van der Waals surface area (Å²) in [5.41, 5.74) is 3.56. The van der Waals surface area contributed by atoms with Gasteiger partial charge in [-0.3, -0.25) is 9.89 Å². The number of aromatic amines is 1. The van der Waals surface area contributed by atoms with Gasteiger partial charge in [0, 0.05) is 31.4 Å². The summed E-state index contributed by atoms with van der Waals surface area (Å²) in [6.07, 6.45) is 5.85. The number of carbonyl (C=O) groups is 1. The minimum Gasteiger partial charge on any atom is -0.342 e. The number of likely N-dealkylation sites (tertiary alicyclic amines) is 1. The summed E-state index contributed by atoms with van der Waals surface area (Å²) in [5.74, 6) is 0.444. The maximum atomic E-state index is 12.5. The number of fused-ring (bicyclic) bond motifs is 1. The number of carbonyl (C=O) groups excluding carboxylic acids is 1. The molecule has 3 aromatic rings. The second-order valence-electron chi connectivity index (χ2n) is 5.85. The van der Waals surface area contributed by atoms with E-state index in [-0.39, 0.29) is 11.8 Å². The molecule has 1 unspecified atom stereocenters. The molecule has 23 heavy (non-hydrogen) atoms. The topological polar surface area (TPSA) is 74.8 Å². The van der Waals surface area contributed by atoms with Crippen molar-refractivity contribution in [3.63, 3.8) is 0 Å². The van der Waals surface area contributed by atoms with Crippen molar-refractivity contribution < 1.29 is 4.79 Å². The Hall–Kier alpha value is -2.28. The molecule has 4 heterocycles. The van der Waals surface area contributed by atoms with E-state index in [2.05, 4.69) is 20.2 Å². The van der Waals surface area contributed by atoms with E-state index >= 15 is 0 Å². The second-order valence-corrected chi connectivity index (χ2v) is 6.63. The van der Waals surface area contributed by atoms with Crippen LogP contribution in [0.1, 0.15) is 30.0 Å². The van der Waals surface area contributed by atoms with Crippen LogP contribution in [0.2, 0.25) is 0 Å². The summed E-state index contributed by atoms with van der Waals surface area (Å²) < 4.78 is 0. The van der Waals surface area contributed by atoms with Crippen molar-refractivity contribution in [2.45, 2.75) is 25.2 Å². The Balaban J connectivity index is 1.51. The van der Waals surface area contributed by atoms with E-state index in [1.807, 2.05) is 21.7 Å². The summed E-state index contributed by atoms with van der Waals surface area (Å²) in [5, 5.41) is 11.4. The van der Waals surface area contributed by atoms with Crippen molar-refractivity contribution in [1.82, 2.24) is 25.1 Å². The highest BCUT2D eigenvalue weighted by atomic mass is 32.1. The number of piperidine rings is 1. The van der Waals surface area contributed by atoms with Crippen LogP contribution in [0, 0.1) is 0 Å². The first kappa shape index (κ1) is 14.3. The second kappa shape index (κ2) is 6.08. The standard InChI is InChI=1S/C16H17N5OS/c22-13(8-11-3-7-23-10-11)21-6-1-2-12(9-21)14-15-16(20-19-14)18-5-4-17-15/h3-5,7,10,12H,1-2,6,8-9H2,(H,18,19,20). The van der Waals surface area contributed by atoms with Crippen LogP contribution in [0.25, 0.3) is 11.2 Å². The summed E-state index contributed by atoms with van der Waals surface area (Å²) in [6.45, 7) is 1.55. The predicted molar refractivity (Wildman–Crippen MR) is 88.3 cm³/mol. The fraction of sp³-hybridized carbons (Fsp3) is 0.375. The van der Waals surface area contributed by atoms with Crippen molar-refractivity contribution in [3.8, 4) is 0 Å². The molecule has 0 aromatic carbocycles. The molecule has 118 valence electrons. The van der Waals surface area contributed by atoms with E-state index < -0.39 is 0 Å². The fourth-order valence-corrected chi connectivity index (χ4v) is 3.84. The van der Waals surface area contributed by atoms with Gasteiger partial charge in [0.05, 0.1) is 12.1 Å². The molecule has 3 aromatic heterocycles. The zero-order valence-electron chi connectivity index (χ0n) is 12.6. The summed E-state index contributed by atoms with van der Waals surface area (Å²) in [7, 11) is 0. The Labute approximate surface area is 137 Å². The Morgan fingerprint density at radius 2 is 2.30 bits per heavy atom. The van der Waals surface area contributed by atoms with Crippen molar-refractivity contribution in [1.29, 1.82) is 0 Å². The highest BCUT2D eigenvalue weighted by molar-refractivity contribution is 7.08. The Bertz CT molecular complexity index is 813. The van der Waals surface area contributed by atoms with Gasteiger partial charge in [0.1, 0.15) is 5.52 Å². The third-order valence-corrected chi connectivity index (χ3v) is 5.07. The minimum atomic E-state index is 0.197. The minimum absolute atomic E-state index is 0.197. The zero-order valence-corrected chi connectivity index (χ0v) is 13.4. The van der Waals surface area contributed by atoms with E-state index in [4.69, 9.17) is 0 Å². The number of nitrogens with zero attached hydrogens (tertiary/aromatic N) is 4. The molecule has 0 bridgehead atoms. The molecule has 0 aliphatic carbocycles. The van der Waals surface area contributed by atoms with Crippen molar-refractivity contribution in [3.05, 3.63) is 40.5 Å². The molecule has 1 N–H and O–H groups in total. The Morgan fingerprint density at radius 3 is 3.17 bits per heavy atom. The van der Waals surface area contributed by atoms with E-state index in [1.54, 1.807) is 23.7 Å². The van der Waals surface area contributed by atoms with Gasteiger partial charge in [-0.25, -0.2) is 9.97 Å². The first-order chi connectivity index (χ1) is 11.3. The van der Waals surface area contributed by atoms with Crippen LogP contribution >= 0.6 is 11.3 Å². The quantitative estimate of drug-likeness (QED) is 0.801. The molecule has 1 amide bonds. The first-order valence-corrected chi connectivity index (χ1v) is 8.69. The number of aromatic nitrogens is 4. The molecule has 6 nitrogen and oxygen atoms in total. The third kappa shape index (κ3) is 2.84. The van der Waals surface area contributed by atoms with E-state index in [1.165, 1.54) is 0 Å². The summed E-state index contributed by atoms with van der Waals surface area (Å²) in [6, 6.07) is 2.02. The Morgan fingerprint density at radius 1 is 1.39 bits per heavy atom. The zero-order chi connectivity index (χ0) is 15.6. The van der Waals surface area contributed by atoms with Gasteiger partial charge in [-0.05, 0) is 35.2 Å². The van der Waals surface area contributed by atoms with Crippen LogP contribution in [-0.2, 0) is 11.2 Å². The van der Waals surface area contributed by atoms with Gasteiger partial charge in [-0.15, -0.1) is 0 Å². The molecule has 1 atom stereocenters. The van der Waals surface area contributed by atoms with Crippen LogP contribution in [0.15, 0.2) is 29.2 Å². The monoisotopic (exact) mass is 327 g/mol. The number of nitrogens with one attached hydrogen (secondary N) is 1. The highest BCUT2D eigenvalue weighted by Gasteiger charge is 2.27. The van der Waals surface area contributed by atoms with E-state index in [9.17, 15) is 4.79 Å². The number of amides is 1. The van der Waals surface area contributed by atoms with Crippen LogP contribution < -0.4 is 0 Å². The van der Waals surface area contributed by atoms with Gasteiger partial charge >= 0.3 is 0 Å². The largest absolute Gasteiger partial charge is 0.342 e. The number of H-pyrrole nitrogens is 1. The predicted octanol–water partition coefficient (Wildman–Crippen LogP) is 2.36. The van der Waals surface area contributed by atoms with Gasteiger partial charge in [-0.2, -0.15) is 16.4 Å². The van der Waals surface area contributed by atoms with Crippen LogP contribution in [-0.4, -0.2) is 44.1 Å². The molecule has 1 saturated heterocycles. The van der Waals surface area contributed by atoms with Crippen molar-refractivity contribution >= 4 is 28.4 Å². The molecular formula is C16H17N5OS. The normalized spacial score (nSPS) is 18.4. The van der Waals surface area contributed by atoms with Gasteiger partial charge in [0.2, 0.25) is 5.91 Å². The molecule has 1 aliphatic rings. The van der Waals surface area contributed by atoms with Crippen molar-refractivity contribution in [2.75, 3.05) is 13.1 Å². The lowest BCUT2D eigenvalue weighted by Crippen LogP contribution is -2.40. The molecule has 0 spiro atoms. The lowest BCUT2D eigenvalue weighted by atomic mass is 9.94. The molecular weight excluding hydrogens is 310 g/mol. The van der Waals surface area contributed by atoms with Gasteiger partial charge in [-0.1, -0.05) is 0 Å². The van der Waals surface area contributed by atoms with Crippen LogP contribution in [0.4, 0.5) is 0 Å². The number of hydrogen-bond donors (Lipinski definition) is 1. The van der Waals surface area contributed by atoms with E-state index in [0.717, 1.165) is 42.7 Å². The molecule has 4 rings (SSSR count). The summed E-state index contributed by atoms with van der Waals surface area (Å²) >= 11 is 1.63. The maximum absolute atomic E-state index is 12.5. The van der Waals surface area contributed by atoms with Crippen molar-refractivity contribution in [2.24, 2.45) is 0 Å². The number of hydrogen-bond acceptors (Lipinski definition) is 5. The first-order valence-electron chi connectivity index (χ1n) is 7.75. The fourth-order valence-electron chi connectivity index (χ4n) is 3.17. The lowest BCUT2D eigenvalue weighted by Gasteiger charge is -2.32. The third-order valence-electron chi connectivity index (χ3n) is 4.33. The van der Waals surface area contributed by atoms with Gasteiger partial charge in [0.15, 0.2) is 5.65 Å². The molecule has 0 radical (unpaired) electrons. The average Bonchev–Trinajstić information content (AvgIpc) is 3.24. The SMILES string of the molecule is O=C(Cc1ccsc1)N1CCCC(c2[nH]nc3nccnc23)C1. The van der Waals surface area contributed by atoms with Gasteiger partial charge in [0.25, 0.3) is 0 Å². The van der Waals surface area contributed by atoms with E-state index in [0.29, 0.717) is 12.1 Å². The van der Waals surface area contributed by atoms with Crippen LogP contribution in [0.3, 0.4) is 0 Å². The highest BCUT2D eigenvalue weighted by Crippen LogP contribution is 2.29. The number of rotatable bonds is 3. The summed E-state index contributed by atoms with van der Waals surface area (Å²) in [4.78, 5) is 23.1. The average molecular weight is 327 g/mol. The Kier molecular flexibility index (Phi) is 3.78. The molecule has 1 fully saturated rings.